The van der Waals surface area contributed by atoms with Crippen molar-refractivity contribution in [1.82, 2.24) is 34.1 Å². The molecule has 7 heteroatoms. The van der Waals surface area contributed by atoms with E-state index in [2.05, 4.69) is 197 Å². The third-order valence-electron chi connectivity index (χ3n) is 12.8. The second-order valence-electron chi connectivity index (χ2n) is 16.9. The van der Waals surface area contributed by atoms with Crippen LogP contribution in [0.25, 0.3) is 123 Å². The van der Waals surface area contributed by atoms with Crippen molar-refractivity contribution in [1.29, 1.82) is 0 Å². The van der Waals surface area contributed by atoms with Crippen molar-refractivity contribution < 1.29 is 0 Å². The summed E-state index contributed by atoms with van der Waals surface area (Å²) < 4.78 is 4.66. The van der Waals surface area contributed by atoms with Crippen LogP contribution in [-0.4, -0.2) is 34.1 Å². The van der Waals surface area contributed by atoms with Gasteiger partial charge in [-0.3, -0.25) is 4.57 Å². The molecule has 0 atom stereocenters. The number of nitrogens with zero attached hydrogens (tertiary/aromatic N) is 7. The minimum Gasteiger partial charge on any atom is -0.306 e. The summed E-state index contributed by atoms with van der Waals surface area (Å²) in [5.74, 6) is 2.36. The van der Waals surface area contributed by atoms with E-state index in [0.717, 1.165) is 99.6 Å². The summed E-state index contributed by atoms with van der Waals surface area (Å²) in [6.07, 6.45) is 0. The van der Waals surface area contributed by atoms with Gasteiger partial charge in [0.05, 0.1) is 39.1 Å². The van der Waals surface area contributed by atoms with Crippen LogP contribution < -0.4 is 0 Å². The highest BCUT2D eigenvalue weighted by Crippen LogP contribution is 2.43. The Hall–Kier alpha value is -9.33. The number of aromatic nitrogens is 7. The molecule has 0 fully saturated rings. The van der Waals surface area contributed by atoms with Crippen LogP contribution in [0.15, 0.2) is 237 Å². The molecule has 0 amide bonds. The van der Waals surface area contributed by atoms with Gasteiger partial charge in [0.25, 0.3) is 0 Å². The van der Waals surface area contributed by atoms with E-state index in [1.54, 1.807) is 0 Å². The lowest BCUT2D eigenvalue weighted by atomic mass is 10.0. The molecule has 13 aromatic rings. The van der Waals surface area contributed by atoms with E-state index in [1.165, 1.54) is 0 Å². The molecule has 9 aromatic carbocycles. The lowest BCUT2D eigenvalue weighted by Gasteiger charge is -2.16. The minimum atomic E-state index is 0.526. The zero-order chi connectivity index (χ0) is 45.0. The fourth-order valence-corrected chi connectivity index (χ4v) is 9.68. The quantitative estimate of drug-likeness (QED) is 0.152. The first kappa shape index (κ1) is 39.1. The molecule has 7 nitrogen and oxygen atoms in total. The maximum absolute atomic E-state index is 5.43. The third-order valence-corrected chi connectivity index (χ3v) is 12.8. The summed E-state index contributed by atoms with van der Waals surface area (Å²) in [6.45, 7) is 0. The first-order valence-corrected chi connectivity index (χ1v) is 22.8. The molecule has 0 radical (unpaired) electrons. The Morgan fingerprint density at radius 1 is 0.265 bits per heavy atom. The van der Waals surface area contributed by atoms with Gasteiger partial charge in [-0.05, 0) is 41.5 Å². The molecule has 0 aliphatic heterocycles. The molecule has 0 unspecified atom stereocenters. The molecule has 0 aliphatic carbocycles. The monoisotopic (exact) mass is 869 g/mol. The highest BCUT2D eigenvalue weighted by Gasteiger charge is 2.25. The Morgan fingerprint density at radius 3 is 1.37 bits per heavy atom. The van der Waals surface area contributed by atoms with Crippen molar-refractivity contribution >= 4 is 43.6 Å². The molecule has 4 heterocycles. The average Bonchev–Trinajstić information content (AvgIpc) is 3.95. The average molecular weight is 870 g/mol. The number of hydrogen-bond donors (Lipinski definition) is 0. The lowest BCUT2D eigenvalue weighted by Crippen LogP contribution is -2.07. The maximum Gasteiger partial charge on any atom is 0.238 e. The molecule has 0 saturated carbocycles. The topological polar surface area (TPSA) is 74.3 Å². The molecule has 68 heavy (non-hydrogen) atoms. The summed E-state index contributed by atoms with van der Waals surface area (Å²) in [5, 5.41) is 4.42. The van der Waals surface area contributed by atoms with Gasteiger partial charge < -0.3 is 4.57 Å². The number of hydrogen-bond acceptors (Lipinski definition) is 5. The second-order valence-corrected chi connectivity index (χ2v) is 16.9. The van der Waals surface area contributed by atoms with Gasteiger partial charge in [0, 0.05) is 49.4 Å². The first-order chi connectivity index (χ1) is 33.7. The molecular weight excluding hydrogens is 831 g/mol. The molecule has 318 valence electrons. The van der Waals surface area contributed by atoms with Crippen LogP contribution in [0.1, 0.15) is 0 Å². The van der Waals surface area contributed by atoms with Crippen molar-refractivity contribution in [3.8, 4) is 79.4 Å². The van der Waals surface area contributed by atoms with Crippen LogP contribution in [-0.2, 0) is 0 Å². The van der Waals surface area contributed by atoms with E-state index in [4.69, 9.17) is 24.9 Å². The number of para-hydroxylation sites is 3. The highest BCUT2D eigenvalue weighted by molar-refractivity contribution is 6.24. The van der Waals surface area contributed by atoms with E-state index in [9.17, 15) is 0 Å². The van der Waals surface area contributed by atoms with E-state index in [0.29, 0.717) is 23.4 Å². The summed E-state index contributed by atoms with van der Waals surface area (Å²) in [7, 11) is 0. The Bertz CT molecular complexity index is 3950. The molecule has 0 spiro atoms. The Balaban J connectivity index is 1.11. The number of fused-ring (bicyclic) bond motifs is 7. The summed E-state index contributed by atoms with van der Waals surface area (Å²) in [4.78, 5) is 26.5. The lowest BCUT2D eigenvalue weighted by molar-refractivity contribution is 0.953. The third kappa shape index (κ3) is 6.64. The number of rotatable bonds is 8. The predicted octanol–water partition coefficient (Wildman–Crippen LogP) is 14.9. The van der Waals surface area contributed by atoms with E-state index in [-0.39, 0.29) is 0 Å². The molecule has 0 saturated heterocycles. The van der Waals surface area contributed by atoms with Crippen LogP contribution in [0, 0.1) is 0 Å². The summed E-state index contributed by atoms with van der Waals surface area (Å²) in [5.41, 5.74) is 13.7. The largest absolute Gasteiger partial charge is 0.306 e. The fraction of sp³-hybridized carbons (Fsp3) is 0. The Morgan fingerprint density at radius 2 is 0.721 bits per heavy atom. The Kier molecular flexibility index (Phi) is 9.35. The van der Waals surface area contributed by atoms with E-state index in [1.807, 2.05) is 48.5 Å². The normalized spacial score (nSPS) is 11.5. The predicted molar refractivity (Wildman–Crippen MR) is 277 cm³/mol. The van der Waals surface area contributed by atoms with Crippen LogP contribution >= 0.6 is 0 Å². The van der Waals surface area contributed by atoms with Gasteiger partial charge in [-0.15, -0.1) is 0 Å². The molecule has 0 bridgehead atoms. The minimum absolute atomic E-state index is 0.526. The van der Waals surface area contributed by atoms with Crippen molar-refractivity contribution in [2.75, 3.05) is 0 Å². The van der Waals surface area contributed by atoms with Gasteiger partial charge in [-0.1, -0.05) is 206 Å². The molecule has 0 N–H and O–H groups in total. The van der Waals surface area contributed by atoms with Crippen molar-refractivity contribution in [2.24, 2.45) is 0 Å². The van der Waals surface area contributed by atoms with E-state index < -0.39 is 0 Å². The van der Waals surface area contributed by atoms with Gasteiger partial charge in [0.15, 0.2) is 17.5 Å². The SMILES string of the molecule is c1ccc(-c2cccc(-c3nc(-c4ccccc4)nc(-n4c5ccccc5c5ccc6c7ccccc7n(-c7ccccc7-c7cc(-c8ccccc8)nc(-c8ccccc8)n7)c6c54)n3)c2)cc1. The van der Waals surface area contributed by atoms with E-state index >= 15 is 0 Å². The number of benzene rings is 9. The van der Waals surface area contributed by atoms with Crippen LogP contribution in [0.2, 0.25) is 0 Å². The van der Waals surface area contributed by atoms with Crippen molar-refractivity contribution in [3.63, 3.8) is 0 Å². The maximum atomic E-state index is 5.43. The zero-order valence-corrected chi connectivity index (χ0v) is 36.6. The van der Waals surface area contributed by atoms with Gasteiger partial charge in [-0.2, -0.15) is 9.97 Å². The summed E-state index contributed by atoms with van der Waals surface area (Å²) in [6, 6.07) is 82.1. The van der Waals surface area contributed by atoms with Gasteiger partial charge >= 0.3 is 0 Å². The van der Waals surface area contributed by atoms with Crippen molar-refractivity contribution in [2.45, 2.75) is 0 Å². The van der Waals surface area contributed by atoms with Gasteiger partial charge in [0.1, 0.15) is 0 Å². The smallest absolute Gasteiger partial charge is 0.238 e. The molecular formula is C61H39N7. The zero-order valence-electron chi connectivity index (χ0n) is 36.6. The Labute approximate surface area is 392 Å². The highest BCUT2D eigenvalue weighted by atomic mass is 15.2. The van der Waals surface area contributed by atoms with Crippen LogP contribution in [0.4, 0.5) is 0 Å². The molecule has 4 aromatic heterocycles. The second kappa shape index (κ2) is 16.3. The van der Waals surface area contributed by atoms with Crippen molar-refractivity contribution in [3.05, 3.63) is 237 Å². The fourth-order valence-electron chi connectivity index (χ4n) is 9.68. The van der Waals surface area contributed by atoms with Gasteiger partial charge in [0.2, 0.25) is 5.95 Å². The van der Waals surface area contributed by atoms with Gasteiger partial charge in [-0.25, -0.2) is 15.0 Å². The molecule has 0 aliphatic rings. The first-order valence-electron chi connectivity index (χ1n) is 22.8. The summed E-state index contributed by atoms with van der Waals surface area (Å²) >= 11 is 0. The van der Waals surface area contributed by atoms with Crippen LogP contribution in [0.5, 0.6) is 0 Å². The van der Waals surface area contributed by atoms with Crippen LogP contribution in [0.3, 0.4) is 0 Å². The molecule has 13 rings (SSSR count). The standard InChI is InChI=1S/C61H39N7/c1-5-20-40(21-6-1)44-28-19-29-45(38-44)60-64-59(43-26-11-4-12-27-43)65-61(66-60)68-54-34-17-14-31-47(54)49-37-36-48-46-30-13-16-33-53(46)67(56(48)57(49)68)55-35-18-15-32-50(55)52-39-51(41-22-7-2-8-23-41)62-58(63-52)42-24-9-3-10-25-42/h1-39H.